The molecule has 7 nitrogen and oxygen atoms in total. The van der Waals surface area contributed by atoms with E-state index in [9.17, 15) is 10.1 Å². The Bertz CT molecular complexity index is 1140. The third-order valence-electron chi connectivity index (χ3n) is 5.09. The number of anilines is 1. The highest BCUT2D eigenvalue weighted by Gasteiger charge is 2.25. The minimum Gasteiger partial charge on any atom is -0.493 e. The minimum atomic E-state index is -0.445. The molecular weight excluding hydrogens is 382 g/mol. The number of hydrogen-bond acceptors (Lipinski definition) is 6. The number of ether oxygens (including phenoxy) is 2. The van der Waals surface area contributed by atoms with Crippen LogP contribution in [-0.4, -0.2) is 24.5 Å². The first-order chi connectivity index (χ1) is 14.6. The number of rotatable bonds is 8. The van der Waals surface area contributed by atoms with Crippen LogP contribution in [0.1, 0.15) is 31.7 Å². The van der Waals surface area contributed by atoms with Gasteiger partial charge >= 0.3 is 5.69 Å². The van der Waals surface area contributed by atoms with Crippen LogP contribution in [0.3, 0.4) is 0 Å². The summed E-state index contributed by atoms with van der Waals surface area (Å²) in [6.07, 6.45) is 2.87. The summed E-state index contributed by atoms with van der Waals surface area (Å²) in [5.41, 5.74) is 2.15. The van der Waals surface area contributed by atoms with Gasteiger partial charge in [0.2, 0.25) is 5.75 Å². The van der Waals surface area contributed by atoms with Crippen molar-refractivity contribution in [2.45, 2.75) is 26.2 Å². The number of benzene rings is 3. The highest BCUT2D eigenvalue weighted by atomic mass is 16.6. The fraction of sp³-hybridized carbons (Fsp3) is 0.261. The van der Waals surface area contributed by atoms with Gasteiger partial charge in [0.25, 0.3) is 0 Å². The van der Waals surface area contributed by atoms with E-state index < -0.39 is 4.92 Å². The van der Waals surface area contributed by atoms with Crippen molar-refractivity contribution < 1.29 is 14.4 Å². The van der Waals surface area contributed by atoms with Crippen LogP contribution in [0.25, 0.3) is 10.8 Å². The Hall–Kier alpha value is -3.61. The zero-order chi connectivity index (χ0) is 21.1. The molecule has 0 unspecified atom stereocenters. The third kappa shape index (κ3) is 3.66. The Morgan fingerprint density at radius 2 is 1.93 bits per heavy atom. The maximum absolute atomic E-state index is 11.8. The monoisotopic (exact) mass is 405 g/mol. The van der Waals surface area contributed by atoms with Crippen molar-refractivity contribution in [3.63, 3.8) is 0 Å². The van der Waals surface area contributed by atoms with Crippen molar-refractivity contribution in [2.75, 3.05) is 19.0 Å². The van der Waals surface area contributed by atoms with E-state index in [2.05, 4.69) is 12.2 Å². The lowest BCUT2D eigenvalue weighted by Crippen LogP contribution is -2.17. The molecule has 0 bridgehead atoms. The largest absolute Gasteiger partial charge is 0.493 e. The summed E-state index contributed by atoms with van der Waals surface area (Å²) in [6, 6.07) is 15.1. The molecular formula is C23H23N3O4. The van der Waals surface area contributed by atoms with E-state index in [1.165, 1.54) is 13.2 Å². The van der Waals surface area contributed by atoms with Crippen LogP contribution in [0.15, 0.2) is 53.5 Å². The predicted molar refractivity (Wildman–Crippen MR) is 118 cm³/mol. The average molecular weight is 405 g/mol. The van der Waals surface area contributed by atoms with E-state index in [4.69, 9.17) is 14.5 Å². The number of aliphatic imine (C=N–C) groups is 1. The van der Waals surface area contributed by atoms with E-state index in [1.807, 2.05) is 36.4 Å². The molecule has 30 heavy (non-hydrogen) atoms. The molecule has 0 radical (unpaired) electrons. The molecule has 3 aromatic carbocycles. The first-order valence-corrected chi connectivity index (χ1v) is 9.99. The molecule has 0 amide bonds. The van der Waals surface area contributed by atoms with Crippen molar-refractivity contribution in [3.8, 4) is 11.5 Å². The Balaban J connectivity index is 1.76. The Labute approximate surface area is 174 Å². The Morgan fingerprint density at radius 1 is 1.13 bits per heavy atom. The first kappa shape index (κ1) is 19.7. The SMILES string of the molecule is CCCCCOc1c(OC)cc(C2=Nc3cccc4cccc(c34)N2)cc1[N+](=O)[O-]. The Kier molecular flexibility index (Phi) is 5.52. The smallest absolute Gasteiger partial charge is 0.315 e. The second-order valence-electron chi connectivity index (χ2n) is 7.11. The molecule has 7 heteroatoms. The summed E-state index contributed by atoms with van der Waals surface area (Å²) in [5, 5.41) is 17.2. The predicted octanol–water partition coefficient (Wildman–Crippen LogP) is 5.83. The number of unbranched alkanes of at least 4 members (excludes halogenated alkanes) is 2. The van der Waals surface area contributed by atoms with Crippen molar-refractivity contribution in [1.82, 2.24) is 0 Å². The quantitative estimate of drug-likeness (QED) is 0.289. The molecule has 3 aromatic rings. The second kappa shape index (κ2) is 8.41. The van der Waals surface area contributed by atoms with Gasteiger partial charge in [0.05, 0.1) is 24.3 Å². The normalized spacial score (nSPS) is 12.3. The van der Waals surface area contributed by atoms with Gasteiger partial charge in [0, 0.05) is 22.7 Å². The molecule has 0 fully saturated rings. The number of nitro benzene ring substituents is 1. The van der Waals surface area contributed by atoms with Crippen LogP contribution >= 0.6 is 0 Å². The molecule has 0 aliphatic carbocycles. The average Bonchev–Trinajstić information content (AvgIpc) is 2.76. The zero-order valence-corrected chi connectivity index (χ0v) is 17.0. The van der Waals surface area contributed by atoms with Crippen molar-refractivity contribution in [2.24, 2.45) is 4.99 Å². The van der Waals surface area contributed by atoms with Gasteiger partial charge in [-0.3, -0.25) is 10.1 Å². The van der Waals surface area contributed by atoms with Gasteiger partial charge in [-0.05, 0) is 30.0 Å². The molecule has 4 rings (SSSR count). The van der Waals surface area contributed by atoms with Gasteiger partial charge in [0.1, 0.15) is 5.84 Å². The summed E-state index contributed by atoms with van der Waals surface area (Å²) in [4.78, 5) is 16.0. The van der Waals surface area contributed by atoms with Crippen LogP contribution in [0, 0.1) is 10.1 Å². The van der Waals surface area contributed by atoms with E-state index in [1.54, 1.807) is 6.07 Å². The molecule has 1 aliphatic heterocycles. The summed E-state index contributed by atoms with van der Waals surface area (Å²) in [6.45, 7) is 2.49. The molecule has 1 aliphatic rings. The standard InChI is InChI=1S/C23H23N3O4/c1-3-4-5-12-30-22-19(26(27)28)13-16(14-20(22)29-2)23-24-17-10-6-8-15-9-7-11-18(25-23)21(15)17/h6-11,13-14H,3-5,12H2,1-2H3,(H,24,25). The van der Waals surface area contributed by atoms with Crippen LogP contribution in [0.5, 0.6) is 11.5 Å². The summed E-state index contributed by atoms with van der Waals surface area (Å²) >= 11 is 0. The molecule has 0 saturated heterocycles. The van der Waals surface area contributed by atoms with Crippen molar-refractivity contribution in [1.29, 1.82) is 0 Å². The summed E-state index contributed by atoms with van der Waals surface area (Å²) in [5.74, 6) is 0.999. The third-order valence-corrected chi connectivity index (χ3v) is 5.09. The number of nitro groups is 1. The van der Waals surface area contributed by atoms with Crippen molar-refractivity contribution in [3.05, 3.63) is 64.2 Å². The fourth-order valence-corrected chi connectivity index (χ4v) is 3.61. The molecule has 0 atom stereocenters. The number of nitrogens with one attached hydrogen (secondary N) is 1. The maximum atomic E-state index is 11.8. The van der Waals surface area contributed by atoms with Gasteiger partial charge in [-0.25, -0.2) is 4.99 Å². The Morgan fingerprint density at radius 3 is 2.67 bits per heavy atom. The second-order valence-corrected chi connectivity index (χ2v) is 7.11. The number of hydrogen-bond donors (Lipinski definition) is 1. The van der Waals surface area contributed by atoms with Crippen LogP contribution in [-0.2, 0) is 0 Å². The van der Waals surface area contributed by atoms with Gasteiger partial charge < -0.3 is 14.8 Å². The fourth-order valence-electron chi connectivity index (χ4n) is 3.61. The highest BCUT2D eigenvalue weighted by Crippen LogP contribution is 2.41. The summed E-state index contributed by atoms with van der Waals surface area (Å²) in [7, 11) is 1.48. The van der Waals surface area contributed by atoms with Gasteiger partial charge in [-0.1, -0.05) is 44.0 Å². The minimum absolute atomic E-state index is 0.137. The summed E-state index contributed by atoms with van der Waals surface area (Å²) < 4.78 is 11.2. The number of methoxy groups -OCH3 is 1. The molecule has 0 saturated carbocycles. The lowest BCUT2D eigenvalue weighted by molar-refractivity contribution is -0.386. The first-order valence-electron chi connectivity index (χ1n) is 9.99. The lowest BCUT2D eigenvalue weighted by atomic mass is 10.0. The topological polar surface area (TPSA) is 86.0 Å². The lowest BCUT2D eigenvalue weighted by Gasteiger charge is -2.20. The zero-order valence-electron chi connectivity index (χ0n) is 17.0. The van der Waals surface area contributed by atoms with E-state index in [0.717, 1.165) is 41.4 Å². The van der Waals surface area contributed by atoms with Gasteiger partial charge in [-0.2, -0.15) is 0 Å². The number of nitrogens with zero attached hydrogens (tertiary/aromatic N) is 2. The van der Waals surface area contributed by atoms with E-state index in [-0.39, 0.29) is 11.4 Å². The van der Waals surface area contributed by atoms with Gasteiger partial charge in [-0.15, -0.1) is 0 Å². The molecule has 1 N–H and O–H groups in total. The van der Waals surface area contributed by atoms with Crippen molar-refractivity contribution >= 4 is 33.7 Å². The van der Waals surface area contributed by atoms with Gasteiger partial charge in [0.15, 0.2) is 5.75 Å². The van der Waals surface area contributed by atoms with E-state index >= 15 is 0 Å². The molecule has 0 aromatic heterocycles. The van der Waals surface area contributed by atoms with E-state index in [0.29, 0.717) is 23.8 Å². The highest BCUT2D eigenvalue weighted by molar-refractivity contribution is 6.19. The maximum Gasteiger partial charge on any atom is 0.315 e. The molecule has 154 valence electrons. The molecule has 1 heterocycles. The molecule has 0 spiro atoms. The number of amidine groups is 1. The van der Waals surface area contributed by atoms with Crippen LogP contribution in [0.4, 0.5) is 17.1 Å². The van der Waals surface area contributed by atoms with Crippen LogP contribution in [0.2, 0.25) is 0 Å². The van der Waals surface area contributed by atoms with Crippen LogP contribution < -0.4 is 14.8 Å².